The second kappa shape index (κ2) is 18.8. The van der Waals surface area contributed by atoms with Crippen molar-refractivity contribution in [2.75, 3.05) is 14.1 Å². The Morgan fingerprint density at radius 3 is 2.35 bits per heavy atom. The maximum atomic E-state index is 7.50. The third-order valence-corrected chi connectivity index (χ3v) is 20.1. The number of para-hydroxylation sites is 1. The summed E-state index contributed by atoms with van der Waals surface area (Å²) < 4.78 is 7.50. The van der Waals surface area contributed by atoms with Crippen LogP contribution in [0.1, 0.15) is 140 Å². The minimum atomic E-state index is -0.378. The Kier molecular flexibility index (Phi) is 12.5. The van der Waals surface area contributed by atoms with Crippen LogP contribution in [0.3, 0.4) is 0 Å². The highest BCUT2D eigenvalue weighted by molar-refractivity contribution is 6.01. The van der Waals surface area contributed by atoms with Crippen LogP contribution in [-0.4, -0.2) is 58.9 Å². The van der Waals surface area contributed by atoms with E-state index in [-0.39, 0.29) is 29.8 Å². The van der Waals surface area contributed by atoms with E-state index >= 15 is 0 Å². The second-order valence-corrected chi connectivity index (χ2v) is 24.0. The highest BCUT2D eigenvalue weighted by atomic mass is 16.3. The van der Waals surface area contributed by atoms with Crippen LogP contribution in [0.4, 0.5) is 0 Å². The standard InChI is InChI=1S/C64H82N4O/c1-41-34-36-49(44-22-11-7-12-23-44)43(3)54(38-41)47-35-37-50(55(40-47)64(4)65-62(45-24-13-8-14-25-45)66(5)63(67(64)6)46-26-15-9-16-27-46)51-31-21-32-53-58-57(69-61(51)53)39-42(2)60-59(58)52-30-19-20-33-56(52)68(60)48-28-17-10-18-29-48/h7-9,11,13-16,19-21,24,26,30-32,35,37,40-46,48-50,54-56,62-63,65H,10,12,17-18,22-23,25,27-29,33-34,36,38-39H2,1-6H3/t41-,42?,43+,44?,45?,46?,49?,50?,54?,55?,56?,62?,63?,64?/m0/s1. The van der Waals surface area contributed by atoms with Gasteiger partial charge in [-0.25, -0.2) is 0 Å². The van der Waals surface area contributed by atoms with Gasteiger partial charge in [0.05, 0.1) is 24.0 Å². The largest absolute Gasteiger partial charge is 0.460 e. The van der Waals surface area contributed by atoms with Crippen molar-refractivity contribution >= 4 is 16.5 Å². The van der Waals surface area contributed by atoms with Gasteiger partial charge in [0.1, 0.15) is 11.3 Å². The number of hydrogen-bond acceptors (Lipinski definition) is 5. The molecule has 0 amide bonds. The predicted octanol–water partition coefficient (Wildman–Crippen LogP) is 14.6. The van der Waals surface area contributed by atoms with Crippen molar-refractivity contribution in [2.24, 2.45) is 53.3 Å². The van der Waals surface area contributed by atoms with Crippen molar-refractivity contribution in [3.63, 3.8) is 0 Å². The summed E-state index contributed by atoms with van der Waals surface area (Å²) in [5.41, 5.74) is 9.74. The van der Waals surface area contributed by atoms with Gasteiger partial charge < -0.3 is 9.32 Å². The van der Waals surface area contributed by atoms with Crippen molar-refractivity contribution in [3.8, 4) is 0 Å². The van der Waals surface area contributed by atoms with Crippen LogP contribution < -0.4 is 5.32 Å². The Balaban J connectivity index is 1.00. The zero-order valence-electron chi connectivity index (χ0n) is 42.9. The predicted molar refractivity (Wildman–Crippen MR) is 287 cm³/mol. The number of allylic oxidation sites excluding steroid dienone is 14. The van der Waals surface area contributed by atoms with Gasteiger partial charge in [-0.1, -0.05) is 162 Å². The number of rotatable bonds is 7. The zero-order chi connectivity index (χ0) is 47.0. The quantitative estimate of drug-likeness (QED) is 0.221. The van der Waals surface area contributed by atoms with E-state index in [0.717, 1.165) is 49.0 Å². The van der Waals surface area contributed by atoms with Crippen molar-refractivity contribution in [3.05, 3.63) is 149 Å². The SMILES string of the molecule is CC1Cc2oc3c(C4C=CC(C5C[C@@H](C)CCC(C6CC=CCC6)[C@H]5C)=CC4C4(C)NC(C5C=CC=CC5)N(C)C(C5C=CC=CC5)N4C)cccc3c2C2=C1N(C1CCCCC1)C1CC=CC=C21. The second-order valence-electron chi connectivity index (χ2n) is 24.0. The van der Waals surface area contributed by atoms with E-state index in [2.05, 4.69) is 177 Å². The highest BCUT2D eigenvalue weighted by Gasteiger charge is 2.54. The van der Waals surface area contributed by atoms with Crippen molar-refractivity contribution in [2.45, 2.75) is 160 Å². The van der Waals surface area contributed by atoms with E-state index < -0.39 is 0 Å². The van der Waals surface area contributed by atoms with Gasteiger partial charge in [-0.15, -0.1) is 0 Å². The fraction of sp³-hybridized carbons (Fsp3) is 0.562. The fourth-order valence-corrected chi connectivity index (χ4v) is 16.5. The summed E-state index contributed by atoms with van der Waals surface area (Å²) in [5, 5.41) is 5.86. The Morgan fingerprint density at radius 2 is 1.58 bits per heavy atom. The average molecular weight is 923 g/mol. The maximum Gasteiger partial charge on any atom is 0.138 e. The summed E-state index contributed by atoms with van der Waals surface area (Å²) in [4.78, 5) is 8.41. The molecule has 3 heterocycles. The van der Waals surface area contributed by atoms with Crippen molar-refractivity contribution < 1.29 is 4.42 Å². The van der Waals surface area contributed by atoms with E-state index in [9.17, 15) is 0 Å². The van der Waals surface area contributed by atoms with Crippen LogP contribution in [0.2, 0.25) is 0 Å². The molecule has 2 saturated carbocycles. The Hall–Kier alpha value is -4.16. The molecule has 12 unspecified atom stereocenters. The molecule has 1 aromatic carbocycles. The lowest BCUT2D eigenvalue weighted by Crippen LogP contribution is -2.78. The van der Waals surface area contributed by atoms with Crippen LogP contribution in [0, 0.1) is 53.3 Å². The van der Waals surface area contributed by atoms with Crippen molar-refractivity contribution in [1.29, 1.82) is 0 Å². The first-order valence-electron chi connectivity index (χ1n) is 28.1. The molecule has 2 aliphatic heterocycles. The van der Waals surface area contributed by atoms with Gasteiger partial charge in [-0.05, 0) is 126 Å². The minimum Gasteiger partial charge on any atom is -0.460 e. The summed E-state index contributed by atoms with van der Waals surface area (Å²) in [6.07, 6.45) is 58.3. The molecule has 12 rings (SSSR count). The number of furan rings is 1. The highest BCUT2D eigenvalue weighted by Crippen LogP contribution is 2.56. The summed E-state index contributed by atoms with van der Waals surface area (Å²) in [6.45, 7) is 10.3. The fourth-order valence-electron chi connectivity index (χ4n) is 16.5. The first-order chi connectivity index (χ1) is 33.7. The number of hydrogen-bond donors (Lipinski definition) is 1. The molecule has 1 aromatic heterocycles. The van der Waals surface area contributed by atoms with E-state index in [1.54, 1.807) is 11.3 Å². The van der Waals surface area contributed by atoms with E-state index in [0.29, 0.717) is 41.7 Å². The smallest absolute Gasteiger partial charge is 0.138 e. The minimum absolute atomic E-state index is 0.119. The molecule has 3 fully saturated rings. The molecule has 0 bridgehead atoms. The van der Waals surface area contributed by atoms with Gasteiger partial charge in [0.25, 0.3) is 0 Å². The molecule has 69 heavy (non-hydrogen) atoms. The lowest BCUT2D eigenvalue weighted by atomic mass is 9.66. The van der Waals surface area contributed by atoms with Gasteiger partial charge in [-0.2, -0.15) is 0 Å². The monoisotopic (exact) mass is 923 g/mol. The molecule has 2 aromatic rings. The number of benzene rings is 1. The number of nitrogens with one attached hydrogen (secondary N) is 1. The van der Waals surface area contributed by atoms with Crippen LogP contribution in [0.15, 0.2) is 137 Å². The summed E-state index contributed by atoms with van der Waals surface area (Å²) >= 11 is 0. The van der Waals surface area contributed by atoms with Gasteiger partial charge in [0.15, 0.2) is 0 Å². The van der Waals surface area contributed by atoms with Gasteiger partial charge in [0.2, 0.25) is 0 Å². The molecular weight excluding hydrogens is 841 g/mol. The van der Waals surface area contributed by atoms with Crippen molar-refractivity contribution in [1.82, 2.24) is 20.0 Å². The number of fused-ring (bicyclic) bond motifs is 6. The van der Waals surface area contributed by atoms with Crippen LogP contribution in [0.5, 0.6) is 0 Å². The summed E-state index contributed by atoms with van der Waals surface area (Å²) in [5.74, 6) is 6.15. The molecule has 364 valence electrons. The average Bonchev–Trinajstić information content (AvgIpc) is 3.89. The molecule has 5 nitrogen and oxygen atoms in total. The molecular formula is C64H82N4O. The van der Waals surface area contributed by atoms with Gasteiger partial charge in [0, 0.05) is 69.8 Å². The molecule has 1 N–H and O–H groups in total. The van der Waals surface area contributed by atoms with Crippen LogP contribution in [0.25, 0.3) is 16.5 Å². The zero-order valence-corrected chi connectivity index (χ0v) is 42.9. The third-order valence-electron chi connectivity index (χ3n) is 20.1. The van der Waals surface area contributed by atoms with Gasteiger partial charge >= 0.3 is 0 Å². The van der Waals surface area contributed by atoms with E-state index in [1.165, 1.54) is 104 Å². The molecule has 14 atom stereocenters. The van der Waals surface area contributed by atoms with Gasteiger partial charge in [-0.3, -0.25) is 15.1 Å². The molecule has 10 aliphatic rings. The van der Waals surface area contributed by atoms with Crippen LogP contribution in [-0.2, 0) is 6.42 Å². The van der Waals surface area contributed by atoms with E-state index in [4.69, 9.17) is 4.42 Å². The lowest BCUT2D eigenvalue weighted by Gasteiger charge is -2.61. The molecule has 1 saturated heterocycles. The summed E-state index contributed by atoms with van der Waals surface area (Å²) in [7, 11) is 4.84. The Labute approximate surface area is 415 Å². The maximum absolute atomic E-state index is 7.50. The summed E-state index contributed by atoms with van der Waals surface area (Å²) in [6, 6.07) is 8.33. The molecule has 0 radical (unpaired) electrons. The topological polar surface area (TPSA) is 34.9 Å². The molecule has 8 aliphatic carbocycles. The van der Waals surface area contributed by atoms with E-state index in [1.807, 2.05) is 0 Å². The first-order valence-corrected chi connectivity index (χ1v) is 28.1. The lowest BCUT2D eigenvalue weighted by molar-refractivity contribution is -0.148. The third kappa shape index (κ3) is 7.90. The number of nitrogens with zero attached hydrogens (tertiary/aromatic N) is 3. The first kappa shape index (κ1) is 45.9. The molecule has 0 spiro atoms. The Morgan fingerprint density at radius 1 is 0.783 bits per heavy atom. The Bertz CT molecular complexity index is 2580. The molecule has 5 heteroatoms. The normalized spacial score (nSPS) is 39.4. The van der Waals surface area contributed by atoms with Crippen LogP contribution >= 0.6 is 0 Å².